The van der Waals surface area contributed by atoms with E-state index in [1.165, 1.54) is 13.0 Å². The molecule has 1 saturated heterocycles. The first-order valence-corrected chi connectivity index (χ1v) is 6.04. The van der Waals surface area contributed by atoms with Crippen LogP contribution >= 0.6 is 0 Å². The molecule has 1 unspecified atom stereocenters. The molecule has 0 amide bonds. The summed E-state index contributed by atoms with van der Waals surface area (Å²) < 4.78 is 5.12. The van der Waals surface area contributed by atoms with E-state index < -0.39 is 0 Å². The first kappa shape index (κ1) is 13.5. The topological polar surface area (TPSA) is 32.8 Å². The summed E-state index contributed by atoms with van der Waals surface area (Å²) in [6.45, 7) is 7.46. The Labute approximate surface area is 98.5 Å². The van der Waals surface area contributed by atoms with Crippen LogP contribution in [0.1, 0.15) is 20.3 Å². The van der Waals surface area contributed by atoms with Crippen LogP contribution in [0.4, 0.5) is 0 Å². The van der Waals surface area contributed by atoms with E-state index in [9.17, 15) is 4.79 Å². The second kappa shape index (κ2) is 6.21. The maximum atomic E-state index is 11.4. The Morgan fingerprint density at radius 2 is 2.25 bits per heavy atom. The number of carbonyl (C=O) groups excluding carboxylic acids is 1. The van der Waals surface area contributed by atoms with Gasteiger partial charge in [-0.2, -0.15) is 0 Å². The van der Waals surface area contributed by atoms with Crippen LogP contribution in [0.2, 0.25) is 0 Å². The third-order valence-electron chi connectivity index (χ3n) is 2.82. The number of esters is 1. The van der Waals surface area contributed by atoms with Crippen molar-refractivity contribution < 1.29 is 9.53 Å². The molecule has 4 heteroatoms. The van der Waals surface area contributed by atoms with Crippen LogP contribution in [0, 0.1) is 5.92 Å². The van der Waals surface area contributed by atoms with Gasteiger partial charge in [-0.15, -0.1) is 0 Å². The van der Waals surface area contributed by atoms with E-state index in [1.807, 2.05) is 20.9 Å². The van der Waals surface area contributed by atoms with Crippen LogP contribution in [-0.4, -0.2) is 62.1 Å². The number of nitrogens with zero attached hydrogens (tertiary/aromatic N) is 2. The van der Waals surface area contributed by atoms with Gasteiger partial charge in [0.15, 0.2) is 0 Å². The fourth-order valence-corrected chi connectivity index (χ4v) is 2.20. The molecule has 0 aromatic carbocycles. The standard InChI is InChI=1S/C12H24N2O2/c1-10(2)16-12(15)9-14(4)8-11-5-6-13(3)7-11/h10-11H,5-9H2,1-4H3. The first-order chi connectivity index (χ1) is 7.47. The minimum atomic E-state index is -0.121. The third-order valence-corrected chi connectivity index (χ3v) is 2.82. The molecule has 4 nitrogen and oxygen atoms in total. The van der Waals surface area contributed by atoms with Crippen molar-refractivity contribution in [1.82, 2.24) is 9.80 Å². The number of hydrogen-bond acceptors (Lipinski definition) is 4. The van der Waals surface area contributed by atoms with Gasteiger partial charge < -0.3 is 9.64 Å². The van der Waals surface area contributed by atoms with Gasteiger partial charge in [0.05, 0.1) is 12.6 Å². The number of rotatable bonds is 5. The summed E-state index contributed by atoms with van der Waals surface area (Å²) in [7, 11) is 4.13. The maximum Gasteiger partial charge on any atom is 0.320 e. The summed E-state index contributed by atoms with van der Waals surface area (Å²) in [5.41, 5.74) is 0. The molecule has 1 aliphatic rings. The average molecular weight is 228 g/mol. The molecular formula is C12H24N2O2. The lowest BCUT2D eigenvalue weighted by Gasteiger charge is -2.20. The molecule has 0 aromatic heterocycles. The Morgan fingerprint density at radius 1 is 1.56 bits per heavy atom. The van der Waals surface area contributed by atoms with Crippen LogP contribution in [-0.2, 0) is 9.53 Å². The van der Waals surface area contributed by atoms with E-state index in [0.717, 1.165) is 13.1 Å². The predicted octanol–water partition coefficient (Wildman–Crippen LogP) is 0.822. The quantitative estimate of drug-likeness (QED) is 0.652. The zero-order valence-corrected chi connectivity index (χ0v) is 10.9. The second-order valence-corrected chi connectivity index (χ2v) is 5.15. The molecule has 0 aromatic rings. The minimum absolute atomic E-state index is 0.0153. The molecule has 94 valence electrons. The van der Waals surface area contributed by atoms with Crippen molar-refractivity contribution in [2.24, 2.45) is 5.92 Å². The van der Waals surface area contributed by atoms with Gasteiger partial charge in [-0.1, -0.05) is 0 Å². The molecule has 0 bridgehead atoms. The van der Waals surface area contributed by atoms with E-state index in [0.29, 0.717) is 12.5 Å². The summed E-state index contributed by atoms with van der Waals surface area (Å²) in [5.74, 6) is 0.575. The number of likely N-dealkylation sites (N-methyl/N-ethyl adjacent to an activating group) is 1. The van der Waals surface area contributed by atoms with Crippen LogP contribution in [0.5, 0.6) is 0 Å². The van der Waals surface area contributed by atoms with E-state index >= 15 is 0 Å². The van der Waals surface area contributed by atoms with Crippen LogP contribution < -0.4 is 0 Å². The fourth-order valence-electron chi connectivity index (χ4n) is 2.20. The molecule has 0 N–H and O–H groups in total. The monoisotopic (exact) mass is 228 g/mol. The number of ether oxygens (including phenoxy) is 1. The van der Waals surface area contributed by atoms with Crippen molar-refractivity contribution in [2.75, 3.05) is 40.3 Å². The van der Waals surface area contributed by atoms with Crippen molar-refractivity contribution in [2.45, 2.75) is 26.4 Å². The zero-order valence-electron chi connectivity index (χ0n) is 10.9. The molecule has 1 aliphatic heterocycles. The van der Waals surface area contributed by atoms with Gasteiger partial charge in [0, 0.05) is 13.1 Å². The SMILES string of the molecule is CC(C)OC(=O)CN(C)CC1CCN(C)C1. The van der Waals surface area contributed by atoms with Crippen molar-refractivity contribution in [1.29, 1.82) is 0 Å². The fraction of sp³-hybridized carbons (Fsp3) is 0.917. The highest BCUT2D eigenvalue weighted by Gasteiger charge is 2.21. The molecule has 0 saturated carbocycles. The van der Waals surface area contributed by atoms with Crippen molar-refractivity contribution >= 4 is 5.97 Å². The van der Waals surface area contributed by atoms with Gasteiger partial charge in [0.2, 0.25) is 0 Å². The van der Waals surface area contributed by atoms with Crippen molar-refractivity contribution in [3.63, 3.8) is 0 Å². The van der Waals surface area contributed by atoms with Gasteiger partial charge >= 0.3 is 5.97 Å². The van der Waals surface area contributed by atoms with Gasteiger partial charge in [0.25, 0.3) is 0 Å². The van der Waals surface area contributed by atoms with Crippen molar-refractivity contribution in [3.05, 3.63) is 0 Å². The molecule has 1 rings (SSSR count). The van der Waals surface area contributed by atoms with Gasteiger partial charge in [0.1, 0.15) is 0 Å². The molecule has 1 heterocycles. The lowest BCUT2D eigenvalue weighted by atomic mass is 10.1. The third kappa shape index (κ3) is 4.94. The van der Waals surface area contributed by atoms with Crippen molar-refractivity contribution in [3.8, 4) is 0 Å². The molecule has 0 aliphatic carbocycles. The van der Waals surface area contributed by atoms with E-state index in [2.05, 4.69) is 16.8 Å². The number of carbonyl (C=O) groups is 1. The summed E-state index contributed by atoms with van der Waals surface area (Å²) >= 11 is 0. The average Bonchev–Trinajstić information content (AvgIpc) is 2.48. The zero-order chi connectivity index (χ0) is 12.1. The molecular weight excluding hydrogens is 204 g/mol. The lowest BCUT2D eigenvalue weighted by Crippen LogP contribution is -2.33. The number of likely N-dealkylation sites (tertiary alicyclic amines) is 1. The summed E-state index contributed by atoms with van der Waals surface area (Å²) in [6, 6.07) is 0. The highest BCUT2D eigenvalue weighted by atomic mass is 16.5. The Hall–Kier alpha value is -0.610. The molecule has 0 spiro atoms. The minimum Gasteiger partial charge on any atom is -0.462 e. The lowest BCUT2D eigenvalue weighted by molar-refractivity contribution is -0.148. The summed E-state index contributed by atoms with van der Waals surface area (Å²) in [6.07, 6.45) is 1.22. The van der Waals surface area contributed by atoms with Gasteiger partial charge in [-0.25, -0.2) is 0 Å². The molecule has 1 atom stereocenters. The van der Waals surface area contributed by atoms with E-state index in [4.69, 9.17) is 4.74 Å². The van der Waals surface area contributed by atoms with Crippen LogP contribution in [0.15, 0.2) is 0 Å². The largest absolute Gasteiger partial charge is 0.462 e. The van der Waals surface area contributed by atoms with Gasteiger partial charge in [-0.05, 0) is 46.8 Å². The second-order valence-electron chi connectivity index (χ2n) is 5.15. The Balaban J connectivity index is 2.20. The predicted molar refractivity (Wildman–Crippen MR) is 64.3 cm³/mol. The van der Waals surface area contributed by atoms with Crippen LogP contribution in [0.25, 0.3) is 0 Å². The van der Waals surface area contributed by atoms with E-state index in [-0.39, 0.29) is 12.1 Å². The maximum absolute atomic E-state index is 11.4. The summed E-state index contributed by atoms with van der Waals surface area (Å²) in [5, 5.41) is 0. The highest BCUT2D eigenvalue weighted by molar-refractivity contribution is 5.71. The summed E-state index contributed by atoms with van der Waals surface area (Å²) in [4.78, 5) is 15.8. The Kier molecular flexibility index (Phi) is 5.22. The van der Waals surface area contributed by atoms with Crippen LogP contribution in [0.3, 0.4) is 0 Å². The van der Waals surface area contributed by atoms with E-state index in [1.54, 1.807) is 0 Å². The molecule has 1 fully saturated rings. The molecule has 16 heavy (non-hydrogen) atoms. The Bertz CT molecular complexity index is 231. The number of hydrogen-bond donors (Lipinski definition) is 0. The van der Waals surface area contributed by atoms with Gasteiger partial charge in [-0.3, -0.25) is 9.69 Å². The first-order valence-electron chi connectivity index (χ1n) is 6.04. The smallest absolute Gasteiger partial charge is 0.320 e. The normalized spacial score (nSPS) is 22.0. The highest BCUT2D eigenvalue weighted by Crippen LogP contribution is 2.14. The Morgan fingerprint density at radius 3 is 2.75 bits per heavy atom. The molecule has 0 radical (unpaired) electrons.